The lowest BCUT2D eigenvalue weighted by atomic mass is 9.78. The molecule has 0 bridgehead atoms. The van der Waals surface area contributed by atoms with Gasteiger partial charge in [-0.2, -0.15) is 13.2 Å². The quantitative estimate of drug-likeness (QED) is 0.805. The van der Waals surface area contributed by atoms with E-state index >= 15 is 0 Å². The maximum absolute atomic E-state index is 14.1. The first-order chi connectivity index (χ1) is 10.8. The van der Waals surface area contributed by atoms with Crippen LogP contribution in [0.5, 0.6) is 0 Å². The summed E-state index contributed by atoms with van der Waals surface area (Å²) in [6.45, 7) is 0.827. The largest absolute Gasteiger partial charge is 0.419 e. The van der Waals surface area contributed by atoms with Gasteiger partial charge < -0.3 is 10.6 Å². The summed E-state index contributed by atoms with van der Waals surface area (Å²) in [6, 6.07) is 2.81. The van der Waals surface area contributed by atoms with Gasteiger partial charge in [-0.15, -0.1) is 0 Å². The highest BCUT2D eigenvalue weighted by atomic mass is 19.4. The van der Waals surface area contributed by atoms with Crippen LogP contribution in [-0.4, -0.2) is 29.9 Å². The van der Waals surface area contributed by atoms with Gasteiger partial charge in [0.05, 0.1) is 11.1 Å². The molecule has 3 unspecified atom stereocenters. The maximum atomic E-state index is 14.1. The van der Waals surface area contributed by atoms with Crippen LogP contribution in [0.3, 0.4) is 0 Å². The second-order valence-corrected chi connectivity index (χ2v) is 6.39. The van der Waals surface area contributed by atoms with E-state index in [0.717, 1.165) is 31.4 Å². The molecule has 0 aromatic heterocycles. The third kappa shape index (κ3) is 2.94. The van der Waals surface area contributed by atoms with E-state index in [-0.39, 0.29) is 17.9 Å². The van der Waals surface area contributed by atoms with Gasteiger partial charge in [-0.3, -0.25) is 4.79 Å². The van der Waals surface area contributed by atoms with E-state index in [0.29, 0.717) is 19.2 Å². The molecule has 3 atom stereocenters. The highest BCUT2D eigenvalue weighted by Gasteiger charge is 2.42. The summed E-state index contributed by atoms with van der Waals surface area (Å²) in [5, 5.41) is 0. The van der Waals surface area contributed by atoms with E-state index in [4.69, 9.17) is 5.73 Å². The molecule has 1 aliphatic heterocycles. The molecule has 126 valence electrons. The Bertz CT molecular complexity index is 617. The van der Waals surface area contributed by atoms with E-state index < -0.39 is 29.0 Å². The van der Waals surface area contributed by atoms with Crippen LogP contribution in [0.25, 0.3) is 0 Å². The molecular formula is C16H18F4N2O. The number of halogens is 4. The van der Waals surface area contributed by atoms with E-state index in [1.807, 2.05) is 0 Å². The lowest BCUT2D eigenvalue weighted by molar-refractivity contribution is -0.140. The van der Waals surface area contributed by atoms with Gasteiger partial charge in [-0.05, 0) is 36.8 Å². The summed E-state index contributed by atoms with van der Waals surface area (Å²) < 4.78 is 52.5. The fraction of sp³-hybridized carbons (Fsp3) is 0.562. The molecule has 1 aliphatic carbocycles. The first-order valence-corrected chi connectivity index (χ1v) is 7.69. The number of fused-ring (bicyclic) bond motifs is 1. The molecule has 1 heterocycles. The van der Waals surface area contributed by atoms with Crippen molar-refractivity contribution >= 4 is 5.91 Å². The Balaban J connectivity index is 1.85. The zero-order valence-electron chi connectivity index (χ0n) is 12.4. The lowest BCUT2D eigenvalue weighted by Crippen LogP contribution is -2.38. The van der Waals surface area contributed by atoms with Crippen LogP contribution in [0.1, 0.15) is 35.2 Å². The normalized spacial score (nSPS) is 27.9. The van der Waals surface area contributed by atoms with Crippen LogP contribution in [0.15, 0.2) is 18.2 Å². The topological polar surface area (TPSA) is 46.3 Å². The van der Waals surface area contributed by atoms with Crippen molar-refractivity contribution in [2.75, 3.05) is 13.1 Å². The maximum Gasteiger partial charge on any atom is 0.419 e. The standard InChI is InChI=1S/C16H18F4N2O/c17-14-10(4-2-5-12(14)16(18,19)20)15(23)22-7-9-3-1-6-13(21)11(9)8-22/h2,4-5,9,11,13H,1,3,6-8,21H2. The van der Waals surface area contributed by atoms with Gasteiger partial charge in [-0.25, -0.2) is 4.39 Å². The van der Waals surface area contributed by atoms with Gasteiger partial charge in [-0.1, -0.05) is 12.5 Å². The highest BCUT2D eigenvalue weighted by Crippen LogP contribution is 2.37. The number of nitrogens with zero attached hydrogens (tertiary/aromatic N) is 1. The molecule has 7 heteroatoms. The summed E-state index contributed by atoms with van der Waals surface area (Å²) in [7, 11) is 0. The molecule has 3 rings (SSSR count). The third-order valence-electron chi connectivity index (χ3n) is 4.98. The zero-order valence-corrected chi connectivity index (χ0v) is 12.4. The van der Waals surface area contributed by atoms with Crippen LogP contribution in [0, 0.1) is 17.7 Å². The molecule has 23 heavy (non-hydrogen) atoms. The van der Waals surface area contributed by atoms with Gasteiger partial charge in [0.1, 0.15) is 5.82 Å². The Hall–Kier alpha value is -1.63. The van der Waals surface area contributed by atoms with Crippen molar-refractivity contribution in [3.05, 3.63) is 35.1 Å². The van der Waals surface area contributed by atoms with Crippen molar-refractivity contribution in [1.29, 1.82) is 0 Å². The predicted octanol–water partition coefficient (Wildman–Crippen LogP) is 3.04. The van der Waals surface area contributed by atoms with Gasteiger partial charge in [0.15, 0.2) is 0 Å². The number of likely N-dealkylation sites (tertiary alicyclic amines) is 1. The molecule has 2 N–H and O–H groups in total. The molecule has 1 amide bonds. The molecule has 1 saturated carbocycles. The highest BCUT2D eigenvalue weighted by molar-refractivity contribution is 5.95. The van der Waals surface area contributed by atoms with Crippen LogP contribution < -0.4 is 5.73 Å². The van der Waals surface area contributed by atoms with Crippen LogP contribution in [0.4, 0.5) is 17.6 Å². The number of carbonyl (C=O) groups excluding carboxylic acids is 1. The van der Waals surface area contributed by atoms with Crippen molar-refractivity contribution in [3.8, 4) is 0 Å². The van der Waals surface area contributed by atoms with E-state index in [1.165, 1.54) is 4.90 Å². The second-order valence-electron chi connectivity index (χ2n) is 6.39. The zero-order chi connectivity index (χ0) is 16.8. The number of hydrogen-bond donors (Lipinski definition) is 1. The van der Waals surface area contributed by atoms with Crippen LogP contribution in [0.2, 0.25) is 0 Å². The van der Waals surface area contributed by atoms with Crippen molar-refractivity contribution < 1.29 is 22.4 Å². The molecule has 2 fully saturated rings. The third-order valence-corrected chi connectivity index (χ3v) is 4.98. The second kappa shape index (κ2) is 5.78. The molecule has 1 aromatic rings. The van der Waals surface area contributed by atoms with Crippen molar-refractivity contribution in [1.82, 2.24) is 4.90 Å². The summed E-state index contributed by atoms with van der Waals surface area (Å²) in [5.41, 5.74) is 4.14. The first-order valence-electron chi connectivity index (χ1n) is 7.69. The average Bonchev–Trinajstić information content (AvgIpc) is 2.91. The number of nitrogens with two attached hydrogens (primary N) is 1. The Kier molecular flexibility index (Phi) is 4.08. The summed E-state index contributed by atoms with van der Waals surface area (Å²) in [6.07, 6.45) is -1.99. The van der Waals surface area contributed by atoms with Gasteiger partial charge in [0.25, 0.3) is 5.91 Å². The lowest BCUT2D eigenvalue weighted by Gasteiger charge is -2.29. The fourth-order valence-corrected chi connectivity index (χ4v) is 3.77. The summed E-state index contributed by atoms with van der Waals surface area (Å²) >= 11 is 0. The number of benzene rings is 1. The van der Waals surface area contributed by atoms with E-state index in [2.05, 4.69) is 0 Å². The predicted molar refractivity (Wildman–Crippen MR) is 76.1 cm³/mol. The van der Waals surface area contributed by atoms with Crippen LogP contribution >= 0.6 is 0 Å². The number of carbonyl (C=O) groups is 1. The molecule has 1 aromatic carbocycles. The summed E-state index contributed by atoms with van der Waals surface area (Å²) in [4.78, 5) is 13.9. The smallest absolute Gasteiger partial charge is 0.338 e. The molecular weight excluding hydrogens is 312 g/mol. The molecule has 3 nitrogen and oxygen atoms in total. The molecule has 0 radical (unpaired) electrons. The Labute approximate surface area is 131 Å². The minimum Gasteiger partial charge on any atom is -0.338 e. The monoisotopic (exact) mass is 330 g/mol. The van der Waals surface area contributed by atoms with Crippen LogP contribution in [-0.2, 0) is 6.18 Å². The molecule has 0 spiro atoms. The van der Waals surface area contributed by atoms with E-state index in [9.17, 15) is 22.4 Å². The Morgan fingerprint density at radius 2 is 1.96 bits per heavy atom. The van der Waals surface area contributed by atoms with Crippen molar-refractivity contribution in [3.63, 3.8) is 0 Å². The minimum atomic E-state index is -4.82. The number of rotatable bonds is 1. The fourth-order valence-electron chi connectivity index (χ4n) is 3.77. The average molecular weight is 330 g/mol. The minimum absolute atomic E-state index is 0.00194. The van der Waals surface area contributed by atoms with Crippen molar-refractivity contribution in [2.45, 2.75) is 31.5 Å². The number of hydrogen-bond acceptors (Lipinski definition) is 2. The van der Waals surface area contributed by atoms with Gasteiger partial charge in [0, 0.05) is 19.1 Å². The number of amides is 1. The van der Waals surface area contributed by atoms with Crippen molar-refractivity contribution in [2.24, 2.45) is 17.6 Å². The Morgan fingerprint density at radius 3 is 2.61 bits per heavy atom. The van der Waals surface area contributed by atoms with Gasteiger partial charge in [0.2, 0.25) is 0 Å². The first kappa shape index (κ1) is 16.2. The van der Waals surface area contributed by atoms with E-state index in [1.54, 1.807) is 0 Å². The number of alkyl halides is 3. The SMILES string of the molecule is NC1CCCC2CN(C(=O)c3cccc(C(F)(F)F)c3F)CC12. The molecule has 2 aliphatic rings. The van der Waals surface area contributed by atoms with Gasteiger partial charge >= 0.3 is 6.18 Å². The summed E-state index contributed by atoms with van der Waals surface area (Å²) in [5.74, 6) is -1.77. The Morgan fingerprint density at radius 1 is 1.22 bits per heavy atom. The molecule has 1 saturated heterocycles.